The van der Waals surface area contributed by atoms with Crippen molar-refractivity contribution in [3.63, 3.8) is 0 Å². The van der Waals surface area contributed by atoms with Gasteiger partial charge < -0.3 is 14.5 Å². The summed E-state index contributed by atoms with van der Waals surface area (Å²) in [5.41, 5.74) is -0.413. The van der Waals surface area contributed by atoms with Crippen LogP contribution in [-0.4, -0.2) is 64.1 Å². The minimum atomic E-state index is -1.26. The Morgan fingerprint density at radius 1 is 1.11 bits per heavy atom. The Hall–Kier alpha value is -3.04. The van der Waals surface area contributed by atoms with E-state index >= 15 is 0 Å². The number of halogens is 3. The van der Waals surface area contributed by atoms with Gasteiger partial charge in [0, 0.05) is 19.2 Å². The predicted molar refractivity (Wildman–Crippen MR) is 90.3 cm³/mol. The van der Waals surface area contributed by atoms with E-state index in [0.717, 1.165) is 6.07 Å². The van der Waals surface area contributed by atoms with Crippen LogP contribution in [0.2, 0.25) is 0 Å². The van der Waals surface area contributed by atoms with Crippen molar-refractivity contribution in [1.29, 1.82) is 0 Å². The van der Waals surface area contributed by atoms with Gasteiger partial charge in [-0.2, -0.15) is 13.9 Å². The molecule has 2 bridgehead atoms. The van der Waals surface area contributed by atoms with Gasteiger partial charge in [0.2, 0.25) is 11.8 Å². The lowest BCUT2D eigenvalue weighted by Gasteiger charge is -2.40. The molecule has 2 fully saturated rings. The highest BCUT2D eigenvalue weighted by atomic mass is 19.2. The molecule has 28 heavy (non-hydrogen) atoms. The van der Waals surface area contributed by atoms with Crippen molar-refractivity contribution < 1.29 is 27.5 Å². The zero-order valence-corrected chi connectivity index (χ0v) is 14.9. The second kappa shape index (κ2) is 6.84. The number of methoxy groups -OCH3 is 1. The molecular weight excluding hydrogens is 377 g/mol. The van der Waals surface area contributed by atoms with Gasteiger partial charge in [0.15, 0.2) is 17.3 Å². The molecular formula is C18H17F3N4O3. The zero-order valence-electron chi connectivity index (χ0n) is 14.9. The number of hydrogen-bond donors (Lipinski definition) is 1. The average Bonchev–Trinajstić information content (AvgIpc) is 3.23. The Morgan fingerprint density at radius 2 is 1.79 bits per heavy atom. The van der Waals surface area contributed by atoms with Crippen molar-refractivity contribution in [2.75, 3.05) is 20.2 Å². The molecule has 0 radical (unpaired) electrons. The Bertz CT molecular complexity index is 934. The fraction of sp³-hybridized carbons (Fsp3) is 0.389. The number of ether oxygens (including phenoxy) is 1. The number of aromatic nitrogens is 2. The van der Waals surface area contributed by atoms with Gasteiger partial charge in [-0.1, -0.05) is 0 Å². The number of carbonyl (C=O) groups excluding carboxylic acids is 2. The lowest BCUT2D eigenvalue weighted by atomic mass is 10.1. The molecule has 10 heteroatoms. The van der Waals surface area contributed by atoms with Gasteiger partial charge in [0.25, 0.3) is 11.8 Å². The summed E-state index contributed by atoms with van der Waals surface area (Å²) < 4.78 is 46.1. The van der Waals surface area contributed by atoms with Crippen molar-refractivity contribution in [2.24, 2.45) is 0 Å². The van der Waals surface area contributed by atoms with E-state index in [0.29, 0.717) is 12.8 Å². The molecule has 2 amide bonds. The first-order chi connectivity index (χ1) is 13.4. The van der Waals surface area contributed by atoms with Gasteiger partial charge >= 0.3 is 0 Å². The normalized spacial score (nSPS) is 21.1. The summed E-state index contributed by atoms with van der Waals surface area (Å²) in [6.45, 7) is 0.363. The molecule has 148 valence electrons. The average molecular weight is 394 g/mol. The number of hydrogen-bond acceptors (Lipinski definition) is 4. The molecule has 0 aliphatic carbocycles. The molecule has 2 aliphatic rings. The van der Waals surface area contributed by atoms with E-state index in [2.05, 4.69) is 10.2 Å². The summed E-state index contributed by atoms with van der Waals surface area (Å²) in [7, 11) is 1.21. The van der Waals surface area contributed by atoms with E-state index in [1.807, 2.05) is 0 Å². The number of carbonyl (C=O) groups is 2. The zero-order chi connectivity index (χ0) is 20.0. The van der Waals surface area contributed by atoms with Crippen LogP contribution in [0.15, 0.2) is 18.2 Å². The van der Waals surface area contributed by atoms with Gasteiger partial charge in [-0.25, -0.2) is 4.39 Å². The summed E-state index contributed by atoms with van der Waals surface area (Å²) in [6.07, 6.45) is 1.32. The Labute approximate surface area is 158 Å². The first-order valence-corrected chi connectivity index (χ1v) is 8.75. The van der Waals surface area contributed by atoms with E-state index in [9.17, 15) is 22.8 Å². The summed E-state index contributed by atoms with van der Waals surface area (Å²) >= 11 is 0. The maximum Gasteiger partial charge on any atom is 0.275 e. The molecule has 1 N–H and O–H groups in total. The van der Waals surface area contributed by atoms with Crippen LogP contribution in [0.4, 0.5) is 13.2 Å². The molecule has 2 saturated heterocycles. The van der Waals surface area contributed by atoms with E-state index in [1.165, 1.54) is 24.1 Å². The molecule has 1 aromatic carbocycles. The topological polar surface area (TPSA) is 78.5 Å². The van der Waals surface area contributed by atoms with Gasteiger partial charge in [0.1, 0.15) is 0 Å². The second-order valence-corrected chi connectivity index (χ2v) is 6.85. The first kappa shape index (κ1) is 18.3. The number of fused-ring (bicyclic) bond motifs is 2. The molecule has 4 rings (SSSR count). The largest absolute Gasteiger partial charge is 0.494 e. The number of nitrogens with zero attached hydrogens (tertiary/aromatic N) is 3. The van der Waals surface area contributed by atoms with Crippen LogP contribution in [0.25, 0.3) is 0 Å². The van der Waals surface area contributed by atoms with Crippen LogP contribution in [0.5, 0.6) is 5.75 Å². The summed E-state index contributed by atoms with van der Waals surface area (Å²) in [4.78, 5) is 28.4. The molecule has 2 aromatic rings. The molecule has 2 atom stereocenters. The van der Waals surface area contributed by atoms with E-state index in [1.54, 1.807) is 4.90 Å². The van der Waals surface area contributed by atoms with Crippen LogP contribution >= 0.6 is 0 Å². The minimum absolute atomic E-state index is 0.0301. The summed E-state index contributed by atoms with van der Waals surface area (Å²) in [6, 6.07) is 2.83. The fourth-order valence-electron chi connectivity index (χ4n) is 3.97. The van der Waals surface area contributed by atoms with Crippen LogP contribution in [-0.2, 0) is 0 Å². The van der Waals surface area contributed by atoms with Gasteiger partial charge in [-0.05, 0) is 25.0 Å². The summed E-state index contributed by atoms with van der Waals surface area (Å²) in [5, 5.41) is 5.74. The van der Waals surface area contributed by atoms with Crippen molar-refractivity contribution in [3.8, 4) is 5.75 Å². The number of nitrogens with one attached hydrogen (secondary N) is 1. The highest BCUT2D eigenvalue weighted by Gasteiger charge is 2.45. The lowest BCUT2D eigenvalue weighted by molar-refractivity contribution is 0.0353. The molecule has 1 aromatic heterocycles. The number of benzene rings is 1. The van der Waals surface area contributed by atoms with Crippen LogP contribution in [0.1, 0.15) is 33.7 Å². The van der Waals surface area contributed by atoms with Crippen molar-refractivity contribution in [2.45, 2.75) is 24.9 Å². The SMILES string of the molecule is COc1ccc(C(=O)N2C[C@H]3CC[C@@H](C2)N3C(=O)c2cc(F)[nH]n2)c(F)c1F. The number of H-pyrrole nitrogens is 1. The maximum atomic E-state index is 14.3. The standard InChI is InChI=1S/C18H17F3N4O3/c1-28-13-5-4-11(15(20)16(13)21)17(26)24-7-9-2-3-10(8-24)25(9)18(27)12-6-14(19)23-22-12/h4-6,9-10H,2-3,7-8H2,1H3,(H,22,23)/t9-,10+. The number of piperazine rings is 1. The second-order valence-electron chi connectivity index (χ2n) is 6.85. The number of aromatic amines is 1. The van der Waals surface area contributed by atoms with Crippen molar-refractivity contribution in [1.82, 2.24) is 20.0 Å². The first-order valence-electron chi connectivity index (χ1n) is 8.75. The van der Waals surface area contributed by atoms with Crippen molar-refractivity contribution >= 4 is 11.8 Å². The highest BCUT2D eigenvalue weighted by molar-refractivity contribution is 5.96. The molecule has 0 spiro atoms. The number of rotatable bonds is 3. The van der Waals surface area contributed by atoms with Gasteiger partial charge in [-0.15, -0.1) is 0 Å². The molecule has 3 heterocycles. The quantitative estimate of drug-likeness (QED) is 0.864. The number of likely N-dealkylation sites (tertiary alicyclic amines) is 1. The van der Waals surface area contributed by atoms with Gasteiger partial charge in [0.05, 0.1) is 24.8 Å². The summed E-state index contributed by atoms with van der Waals surface area (Å²) in [5.74, 6) is -4.53. The maximum absolute atomic E-state index is 14.3. The molecule has 0 unspecified atom stereocenters. The van der Waals surface area contributed by atoms with Crippen LogP contribution < -0.4 is 4.74 Å². The smallest absolute Gasteiger partial charge is 0.275 e. The third-order valence-corrected chi connectivity index (χ3v) is 5.27. The molecule has 2 aliphatic heterocycles. The highest BCUT2D eigenvalue weighted by Crippen LogP contribution is 2.33. The third-order valence-electron chi connectivity index (χ3n) is 5.27. The number of amides is 2. The predicted octanol–water partition coefficient (Wildman–Crippen LogP) is 1.96. The molecule has 0 saturated carbocycles. The Morgan fingerprint density at radius 3 is 2.36 bits per heavy atom. The van der Waals surface area contributed by atoms with E-state index in [4.69, 9.17) is 4.74 Å². The Balaban J connectivity index is 1.54. The Kier molecular flexibility index (Phi) is 4.48. The van der Waals surface area contributed by atoms with Crippen LogP contribution in [0, 0.1) is 17.6 Å². The molecule has 7 nitrogen and oxygen atoms in total. The van der Waals surface area contributed by atoms with Crippen LogP contribution in [0.3, 0.4) is 0 Å². The van der Waals surface area contributed by atoms with E-state index in [-0.39, 0.29) is 42.2 Å². The fourth-order valence-corrected chi connectivity index (χ4v) is 3.97. The third kappa shape index (κ3) is 2.88. The van der Waals surface area contributed by atoms with Gasteiger partial charge in [-0.3, -0.25) is 14.7 Å². The minimum Gasteiger partial charge on any atom is -0.494 e. The van der Waals surface area contributed by atoms with Crippen molar-refractivity contribution in [3.05, 3.63) is 47.0 Å². The van der Waals surface area contributed by atoms with E-state index < -0.39 is 29.4 Å². The monoisotopic (exact) mass is 394 g/mol. The lowest BCUT2D eigenvalue weighted by Crippen LogP contribution is -2.57.